The molecule has 0 radical (unpaired) electrons. The molecule has 0 saturated heterocycles. The molecule has 108 valence electrons. The van der Waals surface area contributed by atoms with Crippen LogP contribution < -0.4 is 16.0 Å². The van der Waals surface area contributed by atoms with Gasteiger partial charge in [-0.2, -0.15) is 5.10 Å². The zero-order valence-corrected chi connectivity index (χ0v) is 11.8. The number of anilines is 1. The quantitative estimate of drug-likeness (QED) is 0.750. The summed E-state index contributed by atoms with van der Waals surface area (Å²) >= 11 is 0. The van der Waals surface area contributed by atoms with Crippen LogP contribution in [0.5, 0.6) is 5.75 Å². The monoisotopic (exact) mass is 285 g/mol. The number of nitrogens with two attached hydrogens (primary N) is 1. The van der Waals surface area contributed by atoms with E-state index in [-0.39, 0.29) is 17.0 Å². The van der Waals surface area contributed by atoms with Crippen molar-refractivity contribution in [1.29, 1.82) is 0 Å². The Balaban J connectivity index is 2.07. The Morgan fingerprint density at radius 3 is 3.00 bits per heavy atom. The van der Waals surface area contributed by atoms with E-state index >= 15 is 0 Å². The van der Waals surface area contributed by atoms with Crippen LogP contribution in [-0.2, 0) is 6.54 Å². The van der Waals surface area contributed by atoms with Crippen molar-refractivity contribution in [2.75, 3.05) is 12.8 Å². The molecule has 0 aliphatic heterocycles. The number of aryl methyl sites for hydroxylation is 1. The van der Waals surface area contributed by atoms with E-state index in [1.807, 2.05) is 25.1 Å². The molecule has 2 heterocycles. The van der Waals surface area contributed by atoms with E-state index in [0.29, 0.717) is 12.1 Å². The fraction of sp³-hybridized carbons (Fsp3) is 0.214. The number of fused-ring (bicyclic) bond motifs is 1. The van der Waals surface area contributed by atoms with Gasteiger partial charge < -0.3 is 10.5 Å². The molecule has 0 amide bonds. The molecule has 3 N–H and O–H groups in total. The average Bonchev–Trinajstić information content (AvgIpc) is 2.84. The minimum Gasteiger partial charge on any atom is -0.496 e. The molecule has 0 spiro atoms. The van der Waals surface area contributed by atoms with Crippen molar-refractivity contribution in [2.45, 2.75) is 13.5 Å². The minimum atomic E-state index is -0.340. The second-order valence-electron chi connectivity index (χ2n) is 4.77. The fourth-order valence-corrected chi connectivity index (χ4v) is 2.30. The summed E-state index contributed by atoms with van der Waals surface area (Å²) in [7, 11) is 1.63. The molecule has 3 rings (SSSR count). The number of methoxy groups -OCH3 is 1. The molecule has 3 aromatic rings. The van der Waals surface area contributed by atoms with Gasteiger partial charge in [0.05, 0.1) is 19.9 Å². The van der Waals surface area contributed by atoms with Crippen molar-refractivity contribution in [3.63, 3.8) is 0 Å². The van der Waals surface area contributed by atoms with E-state index in [2.05, 4.69) is 15.1 Å². The Hall–Kier alpha value is -2.83. The van der Waals surface area contributed by atoms with E-state index in [9.17, 15) is 4.79 Å². The second kappa shape index (κ2) is 4.93. The molecule has 21 heavy (non-hydrogen) atoms. The average molecular weight is 285 g/mol. The topological polar surface area (TPSA) is 98.8 Å². The summed E-state index contributed by atoms with van der Waals surface area (Å²) in [5.74, 6) is 0.872. The van der Waals surface area contributed by atoms with Crippen LogP contribution in [0.1, 0.15) is 11.1 Å². The maximum absolute atomic E-state index is 11.8. The van der Waals surface area contributed by atoms with Gasteiger partial charge in [-0.1, -0.05) is 12.1 Å². The number of aromatic amines is 1. The molecule has 2 aromatic heterocycles. The summed E-state index contributed by atoms with van der Waals surface area (Å²) in [4.78, 5) is 18.3. The molecule has 7 nitrogen and oxygen atoms in total. The van der Waals surface area contributed by atoms with E-state index < -0.39 is 0 Å². The highest BCUT2D eigenvalue weighted by atomic mass is 16.5. The minimum absolute atomic E-state index is 0.0838. The van der Waals surface area contributed by atoms with Crippen LogP contribution in [0.3, 0.4) is 0 Å². The number of hydrogen-bond acceptors (Lipinski definition) is 5. The van der Waals surface area contributed by atoms with Gasteiger partial charge in [0.25, 0.3) is 5.56 Å². The Morgan fingerprint density at radius 1 is 1.43 bits per heavy atom. The molecule has 7 heteroatoms. The van der Waals surface area contributed by atoms with E-state index in [1.54, 1.807) is 18.0 Å². The number of hydrogen-bond donors (Lipinski definition) is 2. The van der Waals surface area contributed by atoms with Crippen molar-refractivity contribution >= 4 is 17.0 Å². The normalized spacial score (nSPS) is 11.0. The Labute approximate surface area is 120 Å². The van der Waals surface area contributed by atoms with Gasteiger partial charge in [0.1, 0.15) is 11.3 Å². The first kappa shape index (κ1) is 13.2. The fourth-order valence-electron chi connectivity index (χ4n) is 2.30. The first-order valence-corrected chi connectivity index (χ1v) is 6.44. The highest BCUT2D eigenvalue weighted by Crippen LogP contribution is 2.22. The van der Waals surface area contributed by atoms with E-state index in [0.717, 1.165) is 16.9 Å². The van der Waals surface area contributed by atoms with Gasteiger partial charge in [0.2, 0.25) is 5.95 Å². The smallest absolute Gasteiger partial charge is 0.280 e. The summed E-state index contributed by atoms with van der Waals surface area (Å²) in [6, 6.07) is 5.84. The molecule has 0 aliphatic rings. The molecule has 0 atom stereocenters. The van der Waals surface area contributed by atoms with Gasteiger partial charge in [-0.3, -0.25) is 14.5 Å². The van der Waals surface area contributed by atoms with Gasteiger partial charge in [-0.15, -0.1) is 0 Å². The first-order valence-electron chi connectivity index (χ1n) is 6.44. The third-order valence-corrected chi connectivity index (χ3v) is 3.35. The largest absolute Gasteiger partial charge is 0.496 e. The van der Waals surface area contributed by atoms with Crippen LogP contribution >= 0.6 is 0 Å². The molecule has 1 aromatic carbocycles. The van der Waals surface area contributed by atoms with Crippen LogP contribution in [0.2, 0.25) is 0 Å². The third-order valence-electron chi connectivity index (χ3n) is 3.35. The number of ether oxygens (including phenoxy) is 1. The lowest BCUT2D eigenvalue weighted by Crippen LogP contribution is -2.11. The van der Waals surface area contributed by atoms with E-state index in [1.165, 1.54) is 0 Å². The van der Waals surface area contributed by atoms with E-state index in [4.69, 9.17) is 10.5 Å². The number of nitrogens with one attached hydrogen (secondary N) is 1. The molecular formula is C14H15N5O2. The zero-order valence-electron chi connectivity index (χ0n) is 11.8. The maximum Gasteiger partial charge on any atom is 0.280 e. The number of aromatic nitrogens is 4. The summed E-state index contributed by atoms with van der Waals surface area (Å²) in [6.45, 7) is 2.50. The number of benzene rings is 1. The molecular weight excluding hydrogens is 270 g/mol. The van der Waals surface area contributed by atoms with Crippen LogP contribution in [0.25, 0.3) is 11.0 Å². The zero-order chi connectivity index (χ0) is 15.0. The first-order chi connectivity index (χ1) is 10.1. The predicted molar refractivity (Wildman–Crippen MR) is 79.4 cm³/mol. The highest BCUT2D eigenvalue weighted by Gasteiger charge is 2.11. The summed E-state index contributed by atoms with van der Waals surface area (Å²) < 4.78 is 7.03. The Morgan fingerprint density at radius 2 is 2.24 bits per heavy atom. The lowest BCUT2D eigenvalue weighted by molar-refractivity contribution is 0.407. The van der Waals surface area contributed by atoms with Crippen molar-refractivity contribution < 1.29 is 4.74 Å². The van der Waals surface area contributed by atoms with Gasteiger partial charge in [0.15, 0.2) is 5.52 Å². The molecule has 0 saturated carbocycles. The van der Waals surface area contributed by atoms with Crippen molar-refractivity contribution in [3.8, 4) is 5.75 Å². The molecule has 0 aliphatic carbocycles. The third kappa shape index (κ3) is 2.33. The molecule has 0 bridgehead atoms. The van der Waals surface area contributed by atoms with Gasteiger partial charge >= 0.3 is 0 Å². The van der Waals surface area contributed by atoms with Gasteiger partial charge in [-0.25, -0.2) is 4.98 Å². The standard InChI is InChI=1S/C14H15N5O2/c1-8-4-3-5-11(21-2)9(8)6-19-7-10-12(18-19)13(20)17-14(15)16-10/h3-5,7H,6H2,1-2H3,(H3,15,16,17,20). The Kier molecular flexibility index (Phi) is 3.09. The highest BCUT2D eigenvalue weighted by molar-refractivity contribution is 5.73. The lowest BCUT2D eigenvalue weighted by Gasteiger charge is -2.11. The SMILES string of the molecule is COc1cccc(C)c1Cn1cc2nc(N)[nH]c(=O)c2n1. The van der Waals surface area contributed by atoms with Crippen LogP contribution in [-0.4, -0.2) is 26.9 Å². The van der Waals surface area contributed by atoms with Crippen LogP contribution in [0.15, 0.2) is 29.2 Å². The Bertz CT molecular complexity index is 865. The predicted octanol–water partition coefficient (Wildman–Crippen LogP) is 1.07. The number of rotatable bonds is 3. The molecule has 0 fully saturated rings. The second-order valence-corrected chi connectivity index (χ2v) is 4.77. The lowest BCUT2D eigenvalue weighted by atomic mass is 10.1. The van der Waals surface area contributed by atoms with Crippen molar-refractivity contribution in [1.82, 2.24) is 19.7 Å². The van der Waals surface area contributed by atoms with Crippen LogP contribution in [0, 0.1) is 6.92 Å². The van der Waals surface area contributed by atoms with Crippen molar-refractivity contribution in [2.24, 2.45) is 0 Å². The maximum atomic E-state index is 11.8. The number of H-pyrrole nitrogens is 1. The summed E-state index contributed by atoms with van der Waals surface area (Å²) in [5, 5.41) is 4.26. The molecule has 0 unspecified atom stereocenters. The van der Waals surface area contributed by atoms with Gasteiger partial charge in [-0.05, 0) is 18.6 Å². The van der Waals surface area contributed by atoms with Crippen LogP contribution in [0.4, 0.5) is 5.95 Å². The summed E-state index contributed by atoms with van der Waals surface area (Å²) in [5.41, 5.74) is 8.05. The van der Waals surface area contributed by atoms with Crippen molar-refractivity contribution in [3.05, 3.63) is 45.9 Å². The summed E-state index contributed by atoms with van der Waals surface area (Å²) in [6.07, 6.45) is 1.70. The number of nitrogens with zero attached hydrogens (tertiary/aromatic N) is 3. The number of nitrogen functional groups attached to an aromatic ring is 1. The van der Waals surface area contributed by atoms with Gasteiger partial charge in [0, 0.05) is 5.56 Å².